The summed E-state index contributed by atoms with van der Waals surface area (Å²) in [6.45, 7) is 1.57. The number of halogens is 2. The third-order valence-corrected chi connectivity index (χ3v) is 7.49. The van der Waals surface area contributed by atoms with Gasteiger partial charge in [-0.05, 0) is 41.0 Å². The Morgan fingerprint density at radius 2 is 1.43 bits per heavy atom. The topological polar surface area (TPSA) is 99.2 Å². The van der Waals surface area contributed by atoms with Gasteiger partial charge in [-0.1, -0.05) is 66.7 Å². The van der Waals surface area contributed by atoms with Crippen molar-refractivity contribution >= 4 is 23.5 Å². The van der Waals surface area contributed by atoms with Crippen LogP contribution in [0.4, 0.5) is 14.5 Å². The first kappa shape index (κ1) is 30.5. The Balaban J connectivity index is 1.13. The number of nitrogens with one attached hydrogen (secondary N) is 1. The van der Waals surface area contributed by atoms with Gasteiger partial charge in [-0.25, -0.2) is 13.6 Å². The summed E-state index contributed by atoms with van der Waals surface area (Å²) in [6.07, 6.45) is 0. The van der Waals surface area contributed by atoms with Gasteiger partial charge in [-0.3, -0.25) is 14.5 Å². The van der Waals surface area contributed by atoms with E-state index in [-0.39, 0.29) is 40.9 Å². The number of ether oxygens (including phenoxy) is 1. The van der Waals surface area contributed by atoms with Gasteiger partial charge in [0.25, 0.3) is 0 Å². The molecule has 1 aliphatic rings. The maximum Gasteiger partial charge on any atom is 0.337 e. The average Bonchev–Trinajstić information content (AvgIpc) is 3.03. The van der Waals surface area contributed by atoms with Gasteiger partial charge < -0.3 is 20.1 Å². The van der Waals surface area contributed by atoms with Crippen molar-refractivity contribution in [1.82, 2.24) is 9.80 Å². The molecule has 226 valence electrons. The SMILES string of the molecule is O=C(COCC(=O)N1CCN(C(c2ccccc2)c2ccccc2)CC1)Nc1ccc(-c2ccc(F)cc2F)cc1C(=O)O. The molecule has 0 radical (unpaired) electrons. The fourth-order valence-electron chi connectivity index (χ4n) is 5.34. The van der Waals surface area contributed by atoms with Crippen molar-refractivity contribution in [2.24, 2.45) is 0 Å². The highest BCUT2D eigenvalue weighted by Gasteiger charge is 2.28. The van der Waals surface area contributed by atoms with E-state index in [2.05, 4.69) is 34.5 Å². The van der Waals surface area contributed by atoms with Crippen LogP contribution in [0.1, 0.15) is 27.5 Å². The van der Waals surface area contributed by atoms with Crippen molar-refractivity contribution in [3.8, 4) is 11.1 Å². The van der Waals surface area contributed by atoms with Crippen molar-refractivity contribution < 1.29 is 33.0 Å². The number of carboxylic acid groups (broad SMARTS) is 1. The summed E-state index contributed by atoms with van der Waals surface area (Å²) in [7, 11) is 0. The maximum absolute atomic E-state index is 14.2. The fourth-order valence-corrected chi connectivity index (χ4v) is 5.34. The lowest BCUT2D eigenvalue weighted by molar-refractivity contribution is -0.139. The first-order valence-electron chi connectivity index (χ1n) is 14.1. The molecule has 44 heavy (non-hydrogen) atoms. The standard InChI is InChI=1S/C34H31F2N3O5/c35-26-12-13-27(29(36)20-26)25-11-14-30(28(19-25)34(42)43)37-31(40)21-44-22-32(41)38-15-17-39(18-16-38)33(23-7-3-1-4-8-23)24-9-5-2-6-10-24/h1-14,19-20,33H,15-18,21-22H2,(H,37,40)(H,42,43). The molecule has 2 N–H and O–H groups in total. The molecule has 1 fully saturated rings. The van der Waals surface area contributed by atoms with Gasteiger partial charge in [0.15, 0.2) is 0 Å². The molecule has 0 bridgehead atoms. The molecule has 4 aromatic rings. The lowest BCUT2D eigenvalue weighted by Crippen LogP contribution is -2.50. The molecular formula is C34H31F2N3O5. The third kappa shape index (κ3) is 7.34. The Morgan fingerprint density at radius 3 is 2.02 bits per heavy atom. The molecule has 10 heteroatoms. The second kappa shape index (κ2) is 14.0. The summed E-state index contributed by atoms with van der Waals surface area (Å²) in [5.74, 6) is -3.84. The number of rotatable bonds is 10. The second-order valence-electron chi connectivity index (χ2n) is 10.4. The molecule has 1 saturated heterocycles. The van der Waals surface area contributed by atoms with Gasteiger partial charge >= 0.3 is 5.97 Å². The van der Waals surface area contributed by atoms with Crippen molar-refractivity contribution in [2.45, 2.75) is 6.04 Å². The Kier molecular flexibility index (Phi) is 9.73. The zero-order chi connectivity index (χ0) is 31.1. The van der Waals surface area contributed by atoms with Crippen LogP contribution < -0.4 is 5.32 Å². The van der Waals surface area contributed by atoms with Crippen LogP contribution in [0.3, 0.4) is 0 Å². The van der Waals surface area contributed by atoms with E-state index in [1.807, 2.05) is 36.4 Å². The lowest BCUT2D eigenvalue weighted by atomic mass is 9.96. The highest BCUT2D eigenvalue weighted by Crippen LogP contribution is 2.30. The van der Waals surface area contributed by atoms with E-state index in [0.717, 1.165) is 6.07 Å². The van der Waals surface area contributed by atoms with Gasteiger partial charge in [0.2, 0.25) is 11.8 Å². The van der Waals surface area contributed by atoms with Crippen LogP contribution >= 0.6 is 0 Å². The van der Waals surface area contributed by atoms with Crippen LogP contribution in [0.25, 0.3) is 11.1 Å². The van der Waals surface area contributed by atoms with Crippen LogP contribution in [0.15, 0.2) is 97.1 Å². The maximum atomic E-state index is 14.2. The minimum atomic E-state index is -1.35. The Bertz CT molecular complexity index is 1590. The summed E-state index contributed by atoms with van der Waals surface area (Å²) < 4.78 is 32.9. The molecule has 0 aromatic heterocycles. The molecule has 0 aliphatic carbocycles. The first-order valence-corrected chi connectivity index (χ1v) is 14.1. The number of amides is 2. The van der Waals surface area contributed by atoms with Crippen molar-refractivity contribution in [1.29, 1.82) is 0 Å². The molecule has 0 unspecified atom stereocenters. The molecule has 1 aliphatic heterocycles. The van der Waals surface area contributed by atoms with Crippen molar-refractivity contribution in [3.63, 3.8) is 0 Å². The summed E-state index contributed by atoms with van der Waals surface area (Å²) >= 11 is 0. The van der Waals surface area contributed by atoms with Crippen LogP contribution in [-0.4, -0.2) is 72.1 Å². The van der Waals surface area contributed by atoms with E-state index < -0.39 is 30.1 Å². The van der Waals surface area contributed by atoms with E-state index in [4.69, 9.17) is 4.74 Å². The zero-order valence-corrected chi connectivity index (χ0v) is 23.8. The molecule has 2 amide bonds. The number of carbonyl (C=O) groups excluding carboxylic acids is 2. The van der Waals surface area contributed by atoms with Gasteiger partial charge in [0, 0.05) is 37.8 Å². The quantitative estimate of drug-likeness (QED) is 0.260. The Labute approximate surface area is 253 Å². The number of hydrogen-bond donors (Lipinski definition) is 2. The highest BCUT2D eigenvalue weighted by atomic mass is 19.1. The van der Waals surface area contributed by atoms with Gasteiger partial charge in [0.05, 0.1) is 17.3 Å². The molecule has 4 aromatic carbocycles. The van der Waals surface area contributed by atoms with Crippen LogP contribution in [-0.2, 0) is 14.3 Å². The molecule has 5 rings (SSSR count). The minimum Gasteiger partial charge on any atom is -0.478 e. The van der Waals surface area contributed by atoms with Gasteiger partial charge in [-0.15, -0.1) is 0 Å². The fraction of sp³-hybridized carbons (Fsp3) is 0.206. The van der Waals surface area contributed by atoms with E-state index in [1.165, 1.54) is 35.4 Å². The monoisotopic (exact) mass is 599 g/mol. The minimum absolute atomic E-state index is 0.0186. The summed E-state index contributed by atoms with van der Waals surface area (Å²) in [5, 5.41) is 12.1. The molecule has 8 nitrogen and oxygen atoms in total. The largest absolute Gasteiger partial charge is 0.478 e. The number of carboxylic acids is 1. The number of anilines is 1. The number of carbonyl (C=O) groups is 3. The predicted molar refractivity (Wildman–Crippen MR) is 161 cm³/mol. The zero-order valence-electron chi connectivity index (χ0n) is 23.8. The summed E-state index contributed by atoms with van der Waals surface area (Å²) in [6, 6.07) is 27.4. The molecule has 0 atom stereocenters. The number of hydrogen-bond acceptors (Lipinski definition) is 5. The molecule has 0 spiro atoms. The third-order valence-electron chi connectivity index (χ3n) is 7.49. The number of aromatic carboxylic acids is 1. The number of benzene rings is 4. The number of nitrogens with zero attached hydrogens (tertiary/aromatic N) is 2. The molecular weight excluding hydrogens is 568 g/mol. The normalized spacial score (nSPS) is 13.6. The van der Waals surface area contributed by atoms with E-state index in [0.29, 0.717) is 32.2 Å². The Hall–Kier alpha value is -4.93. The van der Waals surface area contributed by atoms with Crippen LogP contribution in [0, 0.1) is 11.6 Å². The van der Waals surface area contributed by atoms with Crippen LogP contribution in [0.2, 0.25) is 0 Å². The van der Waals surface area contributed by atoms with Crippen molar-refractivity contribution in [3.05, 3.63) is 125 Å². The smallest absolute Gasteiger partial charge is 0.337 e. The molecule has 1 heterocycles. The van der Waals surface area contributed by atoms with Crippen LogP contribution in [0.5, 0.6) is 0 Å². The van der Waals surface area contributed by atoms with E-state index >= 15 is 0 Å². The van der Waals surface area contributed by atoms with E-state index in [9.17, 15) is 28.3 Å². The molecule has 0 saturated carbocycles. The Morgan fingerprint density at radius 1 is 0.795 bits per heavy atom. The van der Waals surface area contributed by atoms with Gasteiger partial charge in [-0.2, -0.15) is 0 Å². The summed E-state index contributed by atoms with van der Waals surface area (Å²) in [5.41, 5.74) is 2.28. The lowest BCUT2D eigenvalue weighted by Gasteiger charge is -2.39. The second-order valence-corrected chi connectivity index (χ2v) is 10.4. The predicted octanol–water partition coefficient (Wildman–Crippen LogP) is 5.22. The highest BCUT2D eigenvalue weighted by molar-refractivity contribution is 6.02. The average molecular weight is 600 g/mol. The van der Waals surface area contributed by atoms with Crippen molar-refractivity contribution in [2.75, 3.05) is 44.7 Å². The number of piperazine rings is 1. The summed E-state index contributed by atoms with van der Waals surface area (Å²) in [4.78, 5) is 41.2. The van der Waals surface area contributed by atoms with Gasteiger partial charge in [0.1, 0.15) is 24.8 Å². The van der Waals surface area contributed by atoms with E-state index in [1.54, 1.807) is 4.90 Å². The first-order chi connectivity index (χ1) is 21.3.